The topological polar surface area (TPSA) is 74.8 Å². The summed E-state index contributed by atoms with van der Waals surface area (Å²) < 4.78 is 1.70. The number of anilines is 1. The largest absolute Gasteiger partial charge is 0.342 e. The standard InChI is InChI=1S/C21H19N5O/c22-14-16-4-3-5-17(12-16)15-26-20(27)13-19(18-6-8-23-9-7-18)24-21(26)25-10-1-2-11-25/h3-9,12-13H,1-2,10-11,15H2. The lowest BCUT2D eigenvalue weighted by molar-refractivity contribution is 0.707. The molecule has 1 aromatic carbocycles. The monoisotopic (exact) mass is 357 g/mol. The van der Waals surface area contributed by atoms with Gasteiger partial charge in [-0.3, -0.25) is 14.3 Å². The lowest BCUT2D eigenvalue weighted by atomic mass is 10.1. The first kappa shape index (κ1) is 17.0. The lowest BCUT2D eigenvalue weighted by Gasteiger charge is -2.22. The minimum absolute atomic E-state index is 0.0962. The van der Waals surface area contributed by atoms with Gasteiger partial charge >= 0.3 is 0 Å². The summed E-state index contributed by atoms with van der Waals surface area (Å²) >= 11 is 0. The molecule has 0 N–H and O–H groups in total. The van der Waals surface area contributed by atoms with E-state index in [1.54, 1.807) is 29.1 Å². The fourth-order valence-corrected chi connectivity index (χ4v) is 3.39. The number of pyridine rings is 1. The summed E-state index contributed by atoms with van der Waals surface area (Å²) in [6.07, 6.45) is 5.59. The average Bonchev–Trinajstić information content (AvgIpc) is 3.25. The molecule has 0 spiro atoms. The van der Waals surface area contributed by atoms with E-state index < -0.39 is 0 Å². The van der Waals surface area contributed by atoms with Gasteiger partial charge in [-0.1, -0.05) is 12.1 Å². The van der Waals surface area contributed by atoms with Crippen LogP contribution in [0.5, 0.6) is 0 Å². The number of benzene rings is 1. The van der Waals surface area contributed by atoms with E-state index in [1.807, 2.05) is 30.3 Å². The van der Waals surface area contributed by atoms with Crippen molar-refractivity contribution in [2.75, 3.05) is 18.0 Å². The van der Waals surface area contributed by atoms with Gasteiger partial charge in [-0.15, -0.1) is 0 Å². The third-order valence-electron chi connectivity index (χ3n) is 4.75. The molecule has 0 bridgehead atoms. The number of nitrogens with zero attached hydrogens (tertiary/aromatic N) is 5. The molecule has 0 aliphatic carbocycles. The molecule has 1 aliphatic rings. The van der Waals surface area contributed by atoms with Crippen molar-refractivity contribution in [2.24, 2.45) is 0 Å². The van der Waals surface area contributed by atoms with Crippen LogP contribution in [-0.2, 0) is 6.54 Å². The predicted octanol–water partition coefficient (Wildman–Crippen LogP) is 2.83. The summed E-state index contributed by atoms with van der Waals surface area (Å²) in [4.78, 5) is 24.0. The van der Waals surface area contributed by atoms with E-state index in [0.29, 0.717) is 23.8 Å². The van der Waals surface area contributed by atoms with Gasteiger partial charge in [0.1, 0.15) is 0 Å². The second kappa shape index (κ2) is 7.42. The van der Waals surface area contributed by atoms with Crippen LogP contribution in [0, 0.1) is 11.3 Å². The van der Waals surface area contributed by atoms with E-state index in [9.17, 15) is 4.79 Å². The Morgan fingerprint density at radius 3 is 2.59 bits per heavy atom. The first-order valence-electron chi connectivity index (χ1n) is 9.01. The summed E-state index contributed by atoms with van der Waals surface area (Å²) in [6.45, 7) is 2.18. The molecule has 6 heteroatoms. The van der Waals surface area contributed by atoms with Gasteiger partial charge in [0.25, 0.3) is 5.56 Å². The Bertz CT molecular complexity index is 1050. The lowest BCUT2D eigenvalue weighted by Crippen LogP contribution is -2.31. The number of aromatic nitrogens is 3. The summed E-state index contributed by atoms with van der Waals surface area (Å²) in [6, 6.07) is 14.8. The third kappa shape index (κ3) is 3.58. The van der Waals surface area contributed by atoms with Crippen LogP contribution in [0.15, 0.2) is 59.7 Å². The van der Waals surface area contributed by atoms with E-state index in [1.165, 1.54) is 0 Å². The summed E-state index contributed by atoms with van der Waals surface area (Å²) in [5.74, 6) is 0.689. The van der Waals surface area contributed by atoms with Gasteiger partial charge < -0.3 is 4.90 Å². The van der Waals surface area contributed by atoms with Crippen LogP contribution in [0.3, 0.4) is 0 Å². The highest BCUT2D eigenvalue weighted by Crippen LogP contribution is 2.22. The zero-order chi connectivity index (χ0) is 18.6. The first-order valence-corrected chi connectivity index (χ1v) is 9.01. The molecule has 0 atom stereocenters. The van der Waals surface area contributed by atoms with Crippen LogP contribution < -0.4 is 10.5 Å². The number of hydrogen-bond donors (Lipinski definition) is 0. The van der Waals surface area contributed by atoms with Crippen LogP contribution in [0.2, 0.25) is 0 Å². The fraction of sp³-hybridized carbons (Fsp3) is 0.238. The highest BCUT2D eigenvalue weighted by molar-refractivity contribution is 5.59. The predicted molar refractivity (Wildman–Crippen MR) is 103 cm³/mol. The molecule has 0 amide bonds. The van der Waals surface area contributed by atoms with Crippen molar-refractivity contribution < 1.29 is 0 Å². The number of hydrogen-bond acceptors (Lipinski definition) is 5. The maximum Gasteiger partial charge on any atom is 0.255 e. The zero-order valence-corrected chi connectivity index (χ0v) is 14.9. The molecular weight excluding hydrogens is 338 g/mol. The first-order chi connectivity index (χ1) is 13.2. The maximum absolute atomic E-state index is 13.0. The molecule has 2 aromatic heterocycles. The maximum atomic E-state index is 13.0. The Balaban J connectivity index is 1.80. The second-order valence-corrected chi connectivity index (χ2v) is 6.61. The van der Waals surface area contributed by atoms with Crippen molar-refractivity contribution in [1.82, 2.24) is 14.5 Å². The smallest absolute Gasteiger partial charge is 0.255 e. The Morgan fingerprint density at radius 1 is 1.07 bits per heavy atom. The second-order valence-electron chi connectivity index (χ2n) is 6.61. The quantitative estimate of drug-likeness (QED) is 0.718. The Labute approximate surface area is 157 Å². The molecule has 1 fully saturated rings. The molecule has 134 valence electrons. The molecule has 4 rings (SSSR count). The van der Waals surface area contributed by atoms with Crippen molar-refractivity contribution >= 4 is 5.95 Å². The van der Waals surface area contributed by atoms with Crippen LogP contribution >= 0.6 is 0 Å². The van der Waals surface area contributed by atoms with Gasteiger partial charge in [0.15, 0.2) is 0 Å². The van der Waals surface area contributed by atoms with E-state index in [2.05, 4.69) is 16.0 Å². The van der Waals surface area contributed by atoms with Crippen LogP contribution in [0.25, 0.3) is 11.3 Å². The molecule has 0 unspecified atom stereocenters. The van der Waals surface area contributed by atoms with Gasteiger partial charge in [0.2, 0.25) is 5.95 Å². The molecule has 3 heterocycles. The van der Waals surface area contributed by atoms with Crippen molar-refractivity contribution in [3.8, 4) is 17.3 Å². The third-order valence-corrected chi connectivity index (χ3v) is 4.75. The van der Waals surface area contributed by atoms with Crippen molar-refractivity contribution in [3.63, 3.8) is 0 Å². The Hall–Kier alpha value is -3.46. The van der Waals surface area contributed by atoms with Gasteiger partial charge in [-0.25, -0.2) is 4.98 Å². The summed E-state index contributed by atoms with van der Waals surface area (Å²) in [5.41, 5.74) is 2.94. The van der Waals surface area contributed by atoms with Gasteiger partial charge in [-0.05, 0) is 42.7 Å². The molecule has 1 saturated heterocycles. The van der Waals surface area contributed by atoms with Gasteiger partial charge in [-0.2, -0.15) is 5.26 Å². The van der Waals surface area contributed by atoms with Crippen LogP contribution in [-0.4, -0.2) is 27.6 Å². The summed E-state index contributed by atoms with van der Waals surface area (Å²) in [7, 11) is 0. The zero-order valence-electron chi connectivity index (χ0n) is 14.9. The minimum Gasteiger partial charge on any atom is -0.342 e. The highest BCUT2D eigenvalue weighted by atomic mass is 16.1. The van der Waals surface area contributed by atoms with Crippen molar-refractivity contribution in [2.45, 2.75) is 19.4 Å². The van der Waals surface area contributed by atoms with E-state index in [0.717, 1.165) is 37.1 Å². The van der Waals surface area contributed by atoms with Crippen molar-refractivity contribution in [1.29, 1.82) is 5.26 Å². The Kier molecular flexibility index (Phi) is 4.67. The van der Waals surface area contributed by atoms with E-state index >= 15 is 0 Å². The molecule has 3 aromatic rings. The molecule has 1 aliphatic heterocycles. The van der Waals surface area contributed by atoms with Crippen molar-refractivity contribution in [3.05, 3.63) is 76.3 Å². The molecular formula is C21H19N5O. The molecule has 6 nitrogen and oxygen atoms in total. The Morgan fingerprint density at radius 2 is 1.85 bits per heavy atom. The number of rotatable bonds is 4. The summed E-state index contributed by atoms with van der Waals surface area (Å²) in [5, 5.41) is 9.13. The van der Waals surface area contributed by atoms with Crippen LogP contribution in [0.4, 0.5) is 5.95 Å². The SMILES string of the molecule is N#Cc1cccc(Cn2c(N3CCCC3)nc(-c3ccncc3)cc2=O)c1. The molecule has 0 radical (unpaired) electrons. The fourth-order valence-electron chi connectivity index (χ4n) is 3.39. The average molecular weight is 357 g/mol. The van der Waals surface area contributed by atoms with Gasteiger partial charge in [0.05, 0.1) is 23.9 Å². The van der Waals surface area contributed by atoms with Crippen LogP contribution in [0.1, 0.15) is 24.0 Å². The van der Waals surface area contributed by atoms with Gasteiger partial charge in [0, 0.05) is 37.1 Å². The van der Waals surface area contributed by atoms with E-state index in [4.69, 9.17) is 10.2 Å². The highest BCUT2D eigenvalue weighted by Gasteiger charge is 2.20. The minimum atomic E-state index is -0.0962. The molecule has 27 heavy (non-hydrogen) atoms. The molecule has 0 saturated carbocycles. The number of nitriles is 1. The normalized spacial score (nSPS) is 13.5. The van der Waals surface area contributed by atoms with E-state index in [-0.39, 0.29) is 5.56 Å².